The quantitative estimate of drug-likeness (QED) is 0.818. The van der Waals surface area contributed by atoms with Gasteiger partial charge in [-0.25, -0.2) is 4.39 Å². The summed E-state index contributed by atoms with van der Waals surface area (Å²) in [5.74, 6) is -0.582. The maximum Gasteiger partial charge on any atom is 0.243 e. The number of hydrogen-bond acceptors (Lipinski definition) is 2. The number of carbonyl (C=O) groups is 1. The van der Waals surface area contributed by atoms with Crippen LogP contribution in [0.4, 0.5) is 4.39 Å². The number of amides is 1. The van der Waals surface area contributed by atoms with Crippen molar-refractivity contribution >= 4 is 5.91 Å². The lowest BCUT2D eigenvalue weighted by molar-refractivity contribution is -0.138. The normalized spacial score (nSPS) is 10.9. The third-order valence-corrected chi connectivity index (χ3v) is 3.54. The molecular weight excluding hydrogens is 243 g/mol. The van der Waals surface area contributed by atoms with Gasteiger partial charge in [0, 0.05) is 19.2 Å². The number of halogens is 1. The zero-order valence-electron chi connectivity index (χ0n) is 11.6. The van der Waals surface area contributed by atoms with Crippen molar-refractivity contribution in [1.82, 2.24) is 4.90 Å². The summed E-state index contributed by atoms with van der Waals surface area (Å²) in [5.41, 5.74) is -0.544. The standard InChI is InChI=1S/C15H19FN2O/c1-4-15(5-2,11-17)14(19)18(3)10-12-8-6-7-9-13(12)16/h6-9H,4-5,10H2,1-3H3. The van der Waals surface area contributed by atoms with Crippen LogP contribution in [0.5, 0.6) is 0 Å². The lowest BCUT2D eigenvalue weighted by atomic mass is 9.82. The summed E-state index contributed by atoms with van der Waals surface area (Å²) in [6.07, 6.45) is 0.918. The maximum atomic E-state index is 13.6. The molecule has 0 atom stereocenters. The highest BCUT2D eigenvalue weighted by molar-refractivity contribution is 5.85. The van der Waals surface area contributed by atoms with E-state index >= 15 is 0 Å². The lowest BCUT2D eigenvalue weighted by Crippen LogP contribution is -2.40. The third-order valence-electron chi connectivity index (χ3n) is 3.54. The van der Waals surface area contributed by atoms with Crippen LogP contribution in [-0.4, -0.2) is 17.9 Å². The van der Waals surface area contributed by atoms with Crippen LogP contribution in [-0.2, 0) is 11.3 Å². The highest BCUT2D eigenvalue weighted by Crippen LogP contribution is 2.28. The van der Waals surface area contributed by atoms with E-state index in [1.807, 2.05) is 13.8 Å². The highest BCUT2D eigenvalue weighted by Gasteiger charge is 2.37. The van der Waals surface area contributed by atoms with Crippen molar-refractivity contribution in [1.29, 1.82) is 5.26 Å². The molecule has 0 aliphatic rings. The average molecular weight is 262 g/mol. The fraction of sp³-hybridized carbons (Fsp3) is 0.467. The number of nitriles is 1. The first-order chi connectivity index (χ1) is 9.00. The first-order valence-corrected chi connectivity index (χ1v) is 6.41. The van der Waals surface area contributed by atoms with Gasteiger partial charge in [-0.2, -0.15) is 5.26 Å². The van der Waals surface area contributed by atoms with E-state index in [-0.39, 0.29) is 18.3 Å². The first kappa shape index (κ1) is 15.2. The van der Waals surface area contributed by atoms with E-state index in [0.29, 0.717) is 18.4 Å². The molecule has 1 rings (SSSR count). The van der Waals surface area contributed by atoms with E-state index in [1.165, 1.54) is 11.0 Å². The van der Waals surface area contributed by atoms with Crippen LogP contribution in [0.1, 0.15) is 32.3 Å². The van der Waals surface area contributed by atoms with Gasteiger partial charge in [0.25, 0.3) is 0 Å². The van der Waals surface area contributed by atoms with Gasteiger partial charge in [0.1, 0.15) is 11.2 Å². The molecule has 0 fully saturated rings. The Labute approximate surface area is 113 Å². The van der Waals surface area contributed by atoms with Crippen molar-refractivity contribution in [2.45, 2.75) is 33.2 Å². The van der Waals surface area contributed by atoms with Gasteiger partial charge in [-0.15, -0.1) is 0 Å². The predicted molar refractivity (Wildman–Crippen MR) is 71.5 cm³/mol. The molecule has 0 bridgehead atoms. The third kappa shape index (κ3) is 3.11. The molecule has 1 aromatic rings. The molecule has 3 nitrogen and oxygen atoms in total. The molecule has 102 valence electrons. The second kappa shape index (κ2) is 6.33. The van der Waals surface area contributed by atoms with Crippen LogP contribution in [0, 0.1) is 22.6 Å². The van der Waals surface area contributed by atoms with Gasteiger partial charge in [0.15, 0.2) is 0 Å². The summed E-state index contributed by atoms with van der Waals surface area (Å²) in [6, 6.07) is 8.46. The second-order valence-corrected chi connectivity index (χ2v) is 4.65. The Kier molecular flexibility index (Phi) is 5.05. The highest BCUT2D eigenvalue weighted by atomic mass is 19.1. The van der Waals surface area contributed by atoms with Crippen LogP contribution in [0.2, 0.25) is 0 Å². The molecule has 0 aliphatic carbocycles. The maximum absolute atomic E-state index is 13.6. The summed E-state index contributed by atoms with van der Waals surface area (Å²) in [4.78, 5) is 13.8. The number of nitrogens with zero attached hydrogens (tertiary/aromatic N) is 2. The largest absolute Gasteiger partial charge is 0.340 e. The molecule has 0 unspecified atom stereocenters. The Morgan fingerprint density at radius 1 is 1.37 bits per heavy atom. The molecule has 0 heterocycles. The molecule has 0 spiro atoms. The number of carbonyl (C=O) groups excluding carboxylic acids is 1. The monoisotopic (exact) mass is 262 g/mol. The molecule has 0 radical (unpaired) electrons. The smallest absolute Gasteiger partial charge is 0.243 e. The molecule has 19 heavy (non-hydrogen) atoms. The van der Waals surface area contributed by atoms with Crippen molar-refractivity contribution in [3.05, 3.63) is 35.6 Å². The molecule has 1 aromatic carbocycles. The summed E-state index contributed by atoms with van der Waals surface area (Å²) < 4.78 is 13.6. The molecule has 0 saturated heterocycles. The molecule has 0 N–H and O–H groups in total. The van der Waals surface area contributed by atoms with Crippen molar-refractivity contribution in [3.63, 3.8) is 0 Å². The zero-order chi connectivity index (χ0) is 14.5. The first-order valence-electron chi connectivity index (χ1n) is 6.41. The number of hydrogen-bond donors (Lipinski definition) is 0. The van der Waals surface area contributed by atoms with Crippen LogP contribution in [0.3, 0.4) is 0 Å². The van der Waals surface area contributed by atoms with Gasteiger partial charge in [-0.05, 0) is 18.9 Å². The Morgan fingerprint density at radius 2 is 1.95 bits per heavy atom. The minimum absolute atomic E-state index is 0.176. The second-order valence-electron chi connectivity index (χ2n) is 4.65. The zero-order valence-corrected chi connectivity index (χ0v) is 11.6. The summed E-state index contributed by atoms with van der Waals surface area (Å²) in [7, 11) is 1.60. The summed E-state index contributed by atoms with van der Waals surface area (Å²) >= 11 is 0. The molecule has 1 amide bonds. The van der Waals surface area contributed by atoms with Gasteiger partial charge < -0.3 is 4.90 Å². The lowest BCUT2D eigenvalue weighted by Gasteiger charge is -2.28. The van der Waals surface area contributed by atoms with Crippen molar-refractivity contribution in [2.75, 3.05) is 7.05 Å². The van der Waals surface area contributed by atoms with Crippen LogP contribution < -0.4 is 0 Å². The Morgan fingerprint density at radius 3 is 2.42 bits per heavy atom. The van der Waals surface area contributed by atoms with E-state index in [2.05, 4.69) is 6.07 Å². The Hall–Kier alpha value is -1.89. The molecule has 0 aliphatic heterocycles. The van der Waals surface area contributed by atoms with Crippen LogP contribution in [0.25, 0.3) is 0 Å². The molecular formula is C15H19FN2O. The Bertz CT molecular complexity index is 489. The van der Waals surface area contributed by atoms with Gasteiger partial charge in [0.2, 0.25) is 5.91 Å². The van der Waals surface area contributed by atoms with Crippen molar-refractivity contribution in [3.8, 4) is 6.07 Å². The Balaban J connectivity index is 2.90. The molecule has 0 saturated carbocycles. The minimum atomic E-state index is -1.000. The minimum Gasteiger partial charge on any atom is -0.340 e. The average Bonchev–Trinajstić information content (AvgIpc) is 2.43. The van der Waals surface area contributed by atoms with Gasteiger partial charge in [-0.3, -0.25) is 4.79 Å². The topological polar surface area (TPSA) is 44.1 Å². The van der Waals surface area contributed by atoms with E-state index in [0.717, 1.165) is 0 Å². The SMILES string of the molecule is CCC(C#N)(CC)C(=O)N(C)Cc1ccccc1F. The van der Waals surface area contributed by atoms with Crippen molar-refractivity contribution < 1.29 is 9.18 Å². The molecule has 0 aromatic heterocycles. The number of rotatable bonds is 5. The van der Waals surface area contributed by atoms with Crippen LogP contribution in [0.15, 0.2) is 24.3 Å². The van der Waals surface area contributed by atoms with E-state index in [1.54, 1.807) is 25.2 Å². The number of benzene rings is 1. The van der Waals surface area contributed by atoms with Gasteiger partial charge >= 0.3 is 0 Å². The van der Waals surface area contributed by atoms with Gasteiger partial charge in [0.05, 0.1) is 6.07 Å². The van der Waals surface area contributed by atoms with Crippen molar-refractivity contribution in [2.24, 2.45) is 5.41 Å². The van der Waals surface area contributed by atoms with E-state index < -0.39 is 5.41 Å². The summed E-state index contributed by atoms with van der Waals surface area (Å²) in [5, 5.41) is 9.24. The predicted octanol–water partition coefficient (Wildman–Crippen LogP) is 3.11. The summed E-state index contributed by atoms with van der Waals surface area (Å²) in [6.45, 7) is 3.82. The van der Waals surface area contributed by atoms with E-state index in [4.69, 9.17) is 0 Å². The van der Waals surface area contributed by atoms with E-state index in [9.17, 15) is 14.4 Å². The molecule has 4 heteroatoms. The van der Waals surface area contributed by atoms with Gasteiger partial charge in [-0.1, -0.05) is 32.0 Å². The fourth-order valence-electron chi connectivity index (χ4n) is 2.08. The van der Waals surface area contributed by atoms with Crippen LogP contribution >= 0.6 is 0 Å². The fourth-order valence-corrected chi connectivity index (χ4v) is 2.08.